The van der Waals surface area contributed by atoms with Crippen LogP contribution in [0.3, 0.4) is 0 Å². The van der Waals surface area contributed by atoms with Gasteiger partial charge in [0.05, 0.1) is 19.9 Å². The van der Waals surface area contributed by atoms with Crippen LogP contribution in [0.5, 0.6) is 5.75 Å². The molecule has 4 nitrogen and oxygen atoms in total. The Morgan fingerprint density at radius 1 is 1.25 bits per heavy atom. The molecule has 0 aliphatic rings. The number of aryl methyl sites for hydroxylation is 2. The zero-order chi connectivity index (χ0) is 19.8. The summed E-state index contributed by atoms with van der Waals surface area (Å²) >= 11 is 3.30. The molecule has 0 atom stereocenters. The molecule has 0 saturated carbocycles. The van der Waals surface area contributed by atoms with Gasteiger partial charge in [-0.05, 0) is 42.3 Å². The van der Waals surface area contributed by atoms with Gasteiger partial charge in [-0.25, -0.2) is 4.98 Å². The van der Waals surface area contributed by atoms with Crippen LogP contribution in [0.1, 0.15) is 35.9 Å². The van der Waals surface area contributed by atoms with E-state index in [4.69, 9.17) is 4.74 Å². The lowest BCUT2D eigenvalue weighted by atomic mass is 9.98. The second kappa shape index (κ2) is 7.53. The molecule has 1 N–H and O–H groups in total. The standard InChI is InChI=1S/C22H22N2O2S2/c1-12(2)15-7-5-6-13(3)20(15)24-19(25)11-26-17-10-18-21(23-14(4)28-18)22-16(17)8-9-27-22/h5-10,12H,11H2,1-4H3,(H,24,25). The molecule has 0 spiro atoms. The third-order valence-electron chi connectivity index (χ3n) is 4.72. The van der Waals surface area contributed by atoms with E-state index in [1.165, 1.54) is 0 Å². The first-order valence-electron chi connectivity index (χ1n) is 9.23. The molecule has 0 bridgehead atoms. The van der Waals surface area contributed by atoms with Gasteiger partial charge in [0.25, 0.3) is 5.91 Å². The van der Waals surface area contributed by atoms with Gasteiger partial charge in [-0.2, -0.15) is 0 Å². The minimum atomic E-state index is -0.153. The summed E-state index contributed by atoms with van der Waals surface area (Å²) in [6, 6.07) is 10.1. The lowest BCUT2D eigenvalue weighted by molar-refractivity contribution is -0.118. The van der Waals surface area contributed by atoms with Crippen molar-refractivity contribution in [3.63, 3.8) is 0 Å². The number of ether oxygens (including phenoxy) is 1. The Bertz CT molecular complexity index is 1170. The number of anilines is 1. The summed E-state index contributed by atoms with van der Waals surface area (Å²) < 4.78 is 8.14. The molecular weight excluding hydrogens is 388 g/mol. The van der Waals surface area contributed by atoms with E-state index in [0.29, 0.717) is 5.92 Å². The molecule has 28 heavy (non-hydrogen) atoms. The molecule has 144 valence electrons. The first kappa shape index (κ1) is 18.9. The fraction of sp³-hybridized carbons (Fsp3) is 0.273. The van der Waals surface area contributed by atoms with Crippen molar-refractivity contribution in [3.8, 4) is 5.75 Å². The van der Waals surface area contributed by atoms with Crippen molar-refractivity contribution in [3.05, 3.63) is 51.8 Å². The third kappa shape index (κ3) is 3.50. The zero-order valence-corrected chi connectivity index (χ0v) is 18.0. The van der Waals surface area contributed by atoms with Crippen molar-refractivity contribution in [2.24, 2.45) is 0 Å². The highest BCUT2D eigenvalue weighted by molar-refractivity contribution is 7.21. The minimum absolute atomic E-state index is 0.0277. The SMILES string of the molecule is Cc1nc2c(cc(OCC(=O)Nc3c(C)cccc3C(C)C)c3ccsc32)s1. The molecule has 2 heterocycles. The van der Waals surface area contributed by atoms with Gasteiger partial charge in [0, 0.05) is 17.1 Å². The van der Waals surface area contributed by atoms with E-state index in [0.717, 1.165) is 47.9 Å². The number of fused-ring (bicyclic) bond motifs is 3. The van der Waals surface area contributed by atoms with E-state index in [1.54, 1.807) is 22.7 Å². The number of thiazole rings is 1. The quantitative estimate of drug-likeness (QED) is 0.422. The fourth-order valence-electron chi connectivity index (χ4n) is 3.37. The predicted molar refractivity (Wildman–Crippen MR) is 119 cm³/mol. The van der Waals surface area contributed by atoms with Crippen LogP contribution in [0.4, 0.5) is 5.69 Å². The Morgan fingerprint density at radius 2 is 2.07 bits per heavy atom. The van der Waals surface area contributed by atoms with Gasteiger partial charge in [-0.1, -0.05) is 32.0 Å². The molecule has 6 heteroatoms. The molecule has 1 amide bonds. The van der Waals surface area contributed by atoms with E-state index in [2.05, 4.69) is 30.2 Å². The summed E-state index contributed by atoms with van der Waals surface area (Å²) in [6.45, 7) is 8.24. The Kier molecular flexibility index (Phi) is 5.08. The van der Waals surface area contributed by atoms with Crippen LogP contribution >= 0.6 is 22.7 Å². The normalized spacial score (nSPS) is 11.5. The van der Waals surface area contributed by atoms with Crippen LogP contribution in [-0.2, 0) is 4.79 Å². The number of hydrogen-bond acceptors (Lipinski definition) is 5. The largest absolute Gasteiger partial charge is 0.483 e. The van der Waals surface area contributed by atoms with E-state index in [-0.39, 0.29) is 12.5 Å². The Morgan fingerprint density at radius 3 is 2.86 bits per heavy atom. The van der Waals surface area contributed by atoms with Crippen LogP contribution in [0, 0.1) is 13.8 Å². The molecule has 2 aromatic carbocycles. The fourth-order valence-corrected chi connectivity index (χ4v) is 5.20. The number of para-hydroxylation sites is 1. The summed E-state index contributed by atoms with van der Waals surface area (Å²) in [5.74, 6) is 0.912. The van der Waals surface area contributed by atoms with Gasteiger partial charge in [-0.15, -0.1) is 22.7 Å². The van der Waals surface area contributed by atoms with E-state index in [9.17, 15) is 4.79 Å². The van der Waals surface area contributed by atoms with Gasteiger partial charge in [0.2, 0.25) is 0 Å². The molecule has 0 unspecified atom stereocenters. The maximum absolute atomic E-state index is 12.6. The molecule has 0 aliphatic heterocycles. The Hall–Kier alpha value is -2.44. The Labute approximate surface area is 172 Å². The van der Waals surface area contributed by atoms with Gasteiger partial charge in [-0.3, -0.25) is 4.79 Å². The van der Waals surface area contributed by atoms with Gasteiger partial charge in [0.1, 0.15) is 5.75 Å². The highest BCUT2D eigenvalue weighted by Gasteiger charge is 2.15. The van der Waals surface area contributed by atoms with Crippen molar-refractivity contribution in [1.82, 2.24) is 4.98 Å². The molecule has 2 aromatic heterocycles. The number of hydrogen-bond donors (Lipinski definition) is 1. The van der Waals surface area contributed by atoms with Crippen LogP contribution in [0.25, 0.3) is 20.3 Å². The molecular formula is C22H22N2O2S2. The molecule has 0 aliphatic carbocycles. The van der Waals surface area contributed by atoms with Crippen molar-refractivity contribution < 1.29 is 9.53 Å². The number of benzene rings is 2. The number of nitrogens with zero attached hydrogens (tertiary/aromatic N) is 1. The molecule has 4 aromatic rings. The number of aromatic nitrogens is 1. The summed E-state index contributed by atoms with van der Waals surface area (Å²) in [5.41, 5.74) is 4.10. The first-order chi connectivity index (χ1) is 13.4. The monoisotopic (exact) mass is 410 g/mol. The number of nitrogens with one attached hydrogen (secondary N) is 1. The minimum Gasteiger partial charge on any atom is -0.483 e. The van der Waals surface area contributed by atoms with Crippen molar-refractivity contribution in [2.45, 2.75) is 33.6 Å². The maximum Gasteiger partial charge on any atom is 0.262 e. The van der Waals surface area contributed by atoms with Gasteiger partial charge >= 0.3 is 0 Å². The number of thiophene rings is 1. The third-order valence-corrected chi connectivity index (χ3v) is 6.56. The predicted octanol–water partition coefficient (Wildman–Crippen LogP) is 6.27. The average molecular weight is 411 g/mol. The first-order valence-corrected chi connectivity index (χ1v) is 10.9. The number of amides is 1. The van der Waals surface area contributed by atoms with E-state index < -0.39 is 0 Å². The van der Waals surface area contributed by atoms with Crippen LogP contribution in [0.15, 0.2) is 35.7 Å². The van der Waals surface area contributed by atoms with E-state index in [1.807, 2.05) is 43.5 Å². The Balaban J connectivity index is 1.57. The smallest absolute Gasteiger partial charge is 0.262 e. The summed E-state index contributed by atoms with van der Waals surface area (Å²) in [7, 11) is 0. The topological polar surface area (TPSA) is 51.2 Å². The van der Waals surface area contributed by atoms with Crippen LogP contribution in [0.2, 0.25) is 0 Å². The summed E-state index contributed by atoms with van der Waals surface area (Å²) in [4.78, 5) is 17.2. The number of carbonyl (C=O) groups excluding carboxylic acids is 1. The lowest BCUT2D eigenvalue weighted by Crippen LogP contribution is -2.21. The number of carbonyl (C=O) groups is 1. The van der Waals surface area contributed by atoms with Crippen LogP contribution in [-0.4, -0.2) is 17.5 Å². The second-order valence-corrected chi connectivity index (χ2v) is 9.30. The lowest BCUT2D eigenvalue weighted by Gasteiger charge is -2.16. The summed E-state index contributed by atoms with van der Waals surface area (Å²) in [6.07, 6.45) is 0. The molecule has 0 saturated heterocycles. The summed E-state index contributed by atoms with van der Waals surface area (Å²) in [5, 5.41) is 7.11. The van der Waals surface area contributed by atoms with Crippen molar-refractivity contribution in [1.29, 1.82) is 0 Å². The van der Waals surface area contributed by atoms with Gasteiger partial charge in [0.15, 0.2) is 6.61 Å². The van der Waals surface area contributed by atoms with Crippen LogP contribution < -0.4 is 10.1 Å². The molecule has 4 rings (SSSR count). The molecule has 0 radical (unpaired) electrons. The van der Waals surface area contributed by atoms with Gasteiger partial charge < -0.3 is 10.1 Å². The maximum atomic E-state index is 12.6. The highest BCUT2D eigenvalue weighted by atomic mass is 32.1. The van der Waals surface area contributed by atoms with Crippen molar-refractivity contribution in [2.75, 3.05) is 11.9 Å². The second-order valence-electron chi connectivity index (χ2n) is 7.15. The highest BCUT2D eigenvalue weighted by Crippen LogP contribution is 2.38. The average Bonchev–Trinajstić information content (AvgIpc) is 3.26. The van der Waals surface area contributed by atoms with E-state index >= 15 is 0 Å². The zero-order valence-electron chi connectivity index (χ0n) is 16.3. The van der Waals surface area contributed by atoms with Crippen molar-refractivity contribution >= 4 is 54.6 Å². The molecule has 0 fully saturated rings. The number of rotatable bonds is 5.